The van der Waals surface area contributed by atoms with E-state index in [2.05, 4.69) is 20.8 Å². The number of amides is 2. The van der Waals surface area contributed by atoms with Gasteiger partial charge in [-0.1, -0.05) is 12.1 Å². The van der Waals surface area contributed by atoms with E-state index >= 15 is 0 Å². The molecule has 7 heteroatoms. The molecular formula is C16H16N4O3. The summed E-state index contributed by atoms with van der Waals surface area (Å²) in [6, 6.07) is 10.3. The SMILES string of the molecule is COc1ccccc1NC(=O)C(=O)NN=C(C)c1ccncc1. The van der Waals surface area contributed by atoms with Gasteiger partial charge in [-0.2, -0.15) is 5.10 Å². The summed E-state index contributed by atoms with van der Waals surface area (Å²) in [5.41, 5.74) is 3.98. The lowest BCUT2D eigenvalue weighted by Gasteiger charge is -2.09. The average molecular weight is 312 g/mol. The van der Waals surface area contributed by atoms with Crippen LogP contribution in [0.15, 0.2) is 53.9 Å². The van der Waals surface area contributed by atoms with Gasteiger partial charge in [0.05, 0.1) is 18.5 Å². The summed E-state index contributed by atoms with van der Waals surface area (Å²) in [6.45, 7) is 1.72. The molecule has 1 aromatic heterocycles. The van der Waals surface area contributed by atoms with E-state index in [9.17, 15) is 9.59 Å². The van der Waals surface area contributed by atoms with Crippen LogP contribution < -0.4 is 15.5 Å². The third-order valence-electron chi connectivity index (χ3n) is 2.98. The molecule has 118 valence electrons. The molecular weight excluding hydrogens is 296 g/mol. The molecule has 0 radical (unpaired) electrons. The van der Waals surface area contributed by atoms with E-state index in [1.807, 2.05) is 0 Å². The summed E-state index contributed by atoms with van der Waals surface area (Å²) >= 11 is 0. The monoisotopic (exact) mass is 312 g/mol. The Morgan fingerprint density at radius 3 is 2.48 bits per heavy atom. The fourth-order valence-electron chi connectivity index (χ4n) is 1.77. The number of hydrazone groups is 1. The second kappa shape index (κ2) is 7.69. The van der Waals surface area contributed by atoms with Gasteiger partial charge in [-0.25, -0.2) is 5.43 Å². The van der Waals surface area contributed by atoms with Crippen molar-refractivity contribution in [2.75, 3.05) is 12.4 Å². The number of aromatic nitrogens is 1. The second-order valence-corrected chi connectivity index (χ2v) is 4.53. The zero-order valence-electron chi connectivity index (χ0n) is 12.7. The molecule has 0 bridgehead atoms. The lowest BCUT2D eigenvalue weighted by atomic mass is 10.2. The summed E-state index contributed by atoms with van der Waals surface area (Å²) in [5, 5.41) is 6.37. The quantitative estimate of drug-likeness (QED) is 0.509. The van der Waals surface area contributed by atoms with Gasteiger partial charge in [0.2, 0.25) is 0 Å². The van der Waals surface area contributed by atoms with Crippen molar-refractivity contribution in [3.63, 3.8) is 0 Å². The van der Waals surface area contributed by atoms with Gasteiger partial charge in [0.15, 0.2) is 0 Å². The predicted molar refractivity (Wildman–Crippen MR) is 86.2 cm³/mol. The van der Waals surface area contributed by atoms with E-state index in [1.165, 1.54) is 7.11 Å². The number of carbonyl (C=O) groups excluding carboxylic acids is 2. The lowest BCUT2D eigenvalue weighted by molar-refractivity contribution is -0.136. The molecule has 1 heterocycles. The Kier molecular flexibility index (Phi) is 5.40. The summed E-state index contributed by atoms with van der Waals surface area (Å²) < 4.78 is 5.10. The van der Waals surface area contributed by atoms with Gasteiger partial charge in [0.25, 0.3) is 0 Å². The Labute approximate surface area is 133 Å². The van der Waals surface area contributed by atoms with E-state index in [4.69, 9.17) is 4.74 Å². The molecule has 0 fully saturated rings. The number of ether oxygens (including phenoxy) is 1. The fraction of sp³-hybridized carbons (Fsp3) is 0.125. The first-order chi connectivity index (χ1) is 11.1. The zero-order valence-corrected chi connectivity index (χ0v) is 12.7. The van der Waals surface area contributed by atoms with E-state index in [0.29, 0.717) is 17.1 Å². The molecule has 0 atom stereocenters. The Morgan fingerprint density at radius 2 is 1.78 bits per heavy atom. The molecule has 2 N–H and O–H groups in total. The van der Waals surface area contributed by atoms with Crippen molar-refractivity contribution in [3.8, 4) is 5.75 Å². The van der Waals surface area contributed by atoms with Crippen molar-refractivity contribution < 1.29 is 14.3 Å². The number of methoxy groups -OCH3 is 1. The van der Waals surface area contributed by atoms with Crippen molar-refractivity contribution in [2.24, 2.45) is 5.10 Å². The first-order valence-electron chi connectivity index (χ1n) is 6.81. The minimum Gasteiger partial charge on any atom is -0.495 e. The highest BCUT2D eigenvalue weighted by atomic mass is 16.5. The van der Waals surface area contributed by atoms with Crippen LogP contribution in [0.2, 0.25) is 0 Å². The van der Waals surface area contributed by atoms with E-state index in [-0.39, 0.29) is 0 Å². The Balaban J connectivity index is 1.99. The van der Waals surface area contributed by atoms with Crippen LogP contribution in [0.25, 0.3) is 0 Å². The molecule has 0 unspecified atom stereocenters. The second-order valence-electron chi connectivity index (χ2n) is 4.53. The summed E-state index contributed by atoms with van der Waals surface area (Å²) in [4.78, 5) is 27.6. The van der Waals surface area contributed by atoms with Gasteiger partial charge in [-0.05, 0) is 31.2 Å². The standard InChI is InChI=1S/C16H16N4O3/c1-11(12-7-9-17-10-8-12)19-20-16(22)15(21)18-13-5-3-4-6-14(13)23-2/h3-10H,1-2H3,(H,18,21)(H,20,22). The lowest BCUT2D eigenvalue weighted by Crippen LogP contribution is -2.33. The number of nitrogens with one attached hydrogen (secondary N) is 2. The number of nitrogens with zero attached hydrogens (tertiary/aromatic N) is 2. The third-order valence-corrected chi connectivity index (χ3v) is 2.98. The van der Waals surface area contributed by atoms with Crippen LogP contribution >= 0.6 is 0 Å². The molecule has 23 heavy (non-hydrogen) atoms. The molecule has 0 spiro atoms. The summed E-state index contributed by atoms with van der Waals surface area (Å²) in [6.07, 6.45) is 3.23. The molecule has 7 nitrogen and oxygen atoms in total. The number of pyridine rings is 1. The van der Waals surface area contributed by atoms with Gasteiger partial charge < -0.3 is 10.1 Å². The van der Waals surface area contributed by atoms with Gasteiger partial charge in [-0.3, -0.25) is 14.6 Å². The van der Waals surface area contributed by atoms with Crippen molar-refractivity contribution in [3.05, 3.63) is 54.4 Å². The van der Waals surface area contributed by atoms with Crippen LogP contribution in [0.5, 0.6) is 5.75 Å². The number of para-hydroxylation sites is 2. The zero-order chi connectivity index (χ0) is 16.7. The summed E-state index contributed by atoms with van der Waals surface area (Å²) in [5.74, 6) is -1.24. The maximum absolute atomic E-state index is 11.9. The highest BCUT2D eigenvalue weighted by Gasteiger charge is 2.15. The molecule has 2 aromatic rings. The fourth-order valence-corrected chi connectivity index (χ4v) is 1.77. The van der Waals surface area contributed by atoms with Gasteiger partial charge in [0, 0.05) is 18.0 Å². The van der Waals surface area contributed by atoms with Gasteiger partial charge in [0.1, 0.15) is 5.75 Å². The van der Waals surface area contributed by atoms with Crippen molar-refractivity contribution in [2.45, 2.75) is 6.92 Å². The van der Waals surface area contributed by atoms with Crippen LogP contribution in [-0.4, -0.2) is 29.6 Å². The Morgan fingerprint density at radius 1 is 1.09 bits per heavy atom. The highest BCUT2D eigenvalue weighted by molar-refractivity contribution is 6.39. The number of carbonyl (C=O) groups is 2. The number of anilines is 1. The van der Waals surface area contributed by atoms with Crippen molar-refractivity contribution in [1.82, 2.24) is 10.4 Å². The number of hydrogen-bond acceptors (Lipinski definition) is 5. The number of rotatable bonds is 4. The van der Waals surface area contributed by atoms with Crippen molar-refractivity contribution in [1.29, 1.82) is 0 Å². The van der Waals surface area contributed by atoms with Crippen LogP contribution in [0, 0.1) is 0 Å². The largest absolute Gasteiger partial charge is 0.495 e. The third kappa shape index (κ3) is 4.37. The minimum absolute atomic E-state index is 0.407. The molecule has 0 aliphatic rings. The molecule has 2 rings (SSSR count). The Hall–Kier alpha value is -3.22. The van der Waals surface area contributed by atoms with Gasteiger partial charge in [-0.15, -0.1) is 0 Å². The average Bonchev–Trinajstić information content (AvgIpc) is 2.60. The maximum atomic E-state index is 11.9. The van der Waals surface area contributed by atoms with Crippen LogP contribution in [-0.2, 0) is 9.59 Å². The topological polar surface area (TPSA) is 92.7 Å². The first-order valence-corrected chi connectivity index (χ1v) is 6.81. The minimum atomic E-state index is -0.871. The number of benzene rings is 1. The molecule has 1 aromatic carbocycles. The molecule has 2 amide bonds. The number of hydrogen-bond donors (Lipinski definition) is 2. The smallest absolute Gasteiger partial charge is 0.329 e. The van der Waals surface area contributed by atoms with E-state index in [0.717, 1.165) is 5.56 Å². The highest BCUT2D eigenvalue weighted by Crippen LogP contribution is 2.22. The Bertz CT molecular complexity index is 729. The van der Waals surface area contributed by atoms with E-state index < -0.39 is 11.8 Å². The molecule has 0 saturated carbocycles. The molecule has 0 saturated heterocycles. The maximum Gasteiger partial charge on any atom is 0.329 e. The first kappa shape index (κ1) is 16.2. The summed E-state index contributed by atoms with van der Waals surface area (Å²) in [7, 11) is 1.48. The van der Waals surface area contributed by atoms with Gasteiger partial charge >= 0.3 is 11.8 Å². The van der Waals surface area contributed by atoms with Crippen LogP contribution in [0.1, 0.15) is 12.5 Å². The van der Waals surface area contributed by atoms with Crippen LogP contribution in [0.3, 0.4) is 0 Å². The van der Waals surface area contributed by atoms with E-state index in [1.54, 1.807) is 55.7 Å². The van der Waals surface area contributed by atoms with Crippen molar-refractivity contribution >= 4 is 23.2 Å². The normalized spacial score (nSPS) is 10.8. The predicted octanol–water partition coefficient (Wildman–Crippen LogP) is 1.57. The molecule has 0 aliphatic heterocycles. The molecule has 0 aliphatic carbocycles. The van der Waals surface area contributed by atoms with Crippen LogP contribution in [0.4, 0.5) is 5.69 Å².